The summed E-state index contributed by atoms with van der Waals surface area (Å²) in [7, 11) is 0. The minimum absolute atomic E-state index is 0.0422. The Bertz CT molecular complexity index is 1210. The number of carbonyl (C=O) groups is 3. The van der Waals surface area contributed by atoms with Gasteiger partial charge in [0.15, 0.2) is 5.78 Å². The first-order valence-electron chi connectivity index (χ1n) is 13.1. The lowest BCUT2D eigenvalue weighted by molar-refractivity contribution is -0.120. The quantitative estimate of drug-likeness (QED) is 0.426. The number of thioether (sulfide) groups is 1. The summed E-state index contributed by atoms with van der Waals surface area (Å²) in [6, 6.07) is 7.44. The van der Waals surface area contributed by atoms with Crippen LogP contribution in [0.1, 0.15) is 62.4 Å². The molecule has 1 saturated heterocycles. The predicted molar refractivity (Wildman–Crippen MR) is 145 cm³/mol. The highest BCUT2D eigenvalue weighted by Gasteiger charge is 2.34. The van der Waals surface area contributed by atoms with E-state index in [0.717, 1.165) is 12.8 Å². The van der Waals surface area contributed by atoms with Crippen molar-refractivity contribution in [2.24, 2.45) is 5.92 Å². The molecule has 2 aliphatic heterocycles. The van der Waals surface area contributed by atoms with Crippen LogP contribution in [0.4, 0.5) is 19.3 Å². The lowest BCUT2D eigenvalue weighted by Crippen LogP contribution is -2.50. The number of rotatable bonds is 7. The van der Waals surface area contributed by atoms with E-state index in [2.05, 4.69) is 5.32 Å². The summed E-state index contributed by atoms with van der Waals surface area (Å²) in [5, 5.41) is 2.63. The van der Waals surface area contributed by atoms with Crippen LogP contribution in [0.2, 0.25) is 0 Å². The van der Waals surface area contributed by atoms with E-state index in [9.17, 15) is 18.8 Å². The molecule has 0 radical (unpaired) electrons. The number of ether oxygens (including phenoxy) is 2. The van der Waals surface area contributed by atoms with E-state index >= 15 is 4.39 Å². The Hall–Kier alpha value is -2.98. The molecule has 7 nitrogen and oxygen atoms in total. The van der Waals surface area contributed by atoms with Crippen LogP contribution in [-0.2, 0) is 20.8 Å². The third kappa shape index (κ3) is 7.79. The van der Waals surface area contributed by atoms with Gasteiger partial charge < -0.3 is 19.7 Å². The maximum Gasteiger partial charge on any atom is 0.408 e. The van der Waals surface area contributed by atoms with Crippen LogP contribution in [-0.4, -0.2) is 48.4 Å². The monoisotopic (exact) mass is 560 g/mol. The van der Waals surface area contributed by atoms with Gasteiger partial charge >= 0.3 is 6.09 Å². The molecule has 0 bridgehead atoms. The number of alkyl carbamates (subject to hydrolysis) is 1. The van der Waals surface area contributed by atoms with Crippen LogP contribution in [0.15, 0.2) is 41.3 Å². The zero-order valence-corrected chi connectivity index (χ0v) is 23.2. The molecule has 39 heavy (non-hydrogen) atoms. The number of ketones is 1. The van der Waals surface area contributed by atoms with Gasteiger partial charge in [0, 0.05) is 30.3 Å². The minimum Gasteiger partial charge on any atom is -0.444 e. The number of hydrogen-bond acceptors (Lipinski definition) is 6. The normalized spacial score (nSPS) is 18.3. The molecule has 1 fully saturated rings. The van der Waals surface area contributed by atoms with Gasteiger partial charge in [-0.3, -0.25) is 9.59 Å². The second-order valence-electron chi connectivity index (χ2n) is 10.9. The maximum absolute atomic E-state index is 15.2. The lowest BCUT2D eigenvalue weighted by atomic mass is 9.92. The summed E-state index contributed by atoms with van der Waals surface area (Å²) in [4.78, 5) is 41.2. The van der Waals surface area contributed by atoms with Gasteiger partial charge in [-0.25, -0.2) is 13.6 Å². The molecule has 0 aliphatic carbocycles. The van der Waals surface area contributed by atoms with Crippen LogP contribution in [0.5, 0.6) is 0 Å². The van der Waals surface area contributed by atoms with Gasteiger partial charge in [-0.1, -0.05) is 12.1 Å². The molecule has 2 aromatic rings. The van der Waals surface area contributed by atoms with E-state index < -0.39 is 35.3 Å². The number of nitrogens with one attached hydrogen (secondary N) is 1. The topological polar surface area (TPSA) is 84.9 Å². The van der Waals surface area contributed by atoms with Crippen molar-refractivity contribution in [3.8, 4) is 0 Å². The summed E-state index contributed by atoms with van der Waals surface area (Å²) in [5.41, 5.74) is 0.177. The summed E-state index contributed by atoms with van der Waals surface area (Å²) < 4.78 is 39.5. The number of fused-ring (bicyclic) bond motifs is 1. The molecule has 1 atom stereocenters. The van der Waals surface area contributed by atoms with Crippen molar-refractivity contribution >= 4 is 35.2 Å². The summed E-state index contributed by atoms with van der Waals surface area (Å²) in [5.74, 6) is -1.33. The molecule has 4 rings (SSSR count). The largest absolute Gasteiger partial charge is 0.444 e. The van der Waals surface area contributed by atoms with Crippen LogP contribution < -0.4 is 10.2 Å². The number of benzene rings is 2. The second kappa shape index (κ2) is 12.5. The summed E-state index contributed by atoms with van der Waals surface area (Å²) in [6.07, 6.45) is 1.85. The summed E-state index contributed by atoms with van der Waals surface area (Å²) in [6.45, 7) is 6.54. The van der Waals surface area contributed by atoms with E-state index in [1.54, 1.807) is 32.9 Å². The first-order valence-corrected chi connectivity index (χ1v) is 14.1. The Kier molecular flexibility index (Phi) is 9.27. The van der Waals surface area contributed by atoms with E-state index in [1.807, 2.05) is 0 Å². The molecule has 2 amide bonds. The Morgan fingerprint density at radius 3 is 2.49 bits per heavy atom. The van der Waals surface area contributed by atoms with Crippen molar-refractivity contribution in [1.29, 1.82) is 0 Å². The minimum atomic E-state index is -0.964. The van der Waals surface area contributed by atoms with E-state index in [-0.39, 0.29) is 30.1 Å². The summed E-state index contributed by atoms with van der Waals surface area (Å²) >= 11 is 1.21. The number of carbonyl (C=O) groups excluding carboxylic acids is 3. The Balaban J connectivity index is 1.62. The van der Waals surface area contributed by atoms with Crippen molar-refractivity contribution < 1.29 is 32.6 Å². The molecule has 1 N–H and O–H groups in total. The zero-order chi connectivity index (χ0) is 28.2. The van der Waals surface area contributed by atoms with Gasteiger partial charge in [0.05, 0.1) is 17.8 Å². The number of halogens is 2. The molecule has 0 saturated carbocycles. The first-order chi connectivity index (χ1) is 18.5. The molecule has 2 aliphatic rings. The highest BCUT2D eigenvalue weighted by Crippen LogP contribution is 2.38. The molecule has 2 aromatic carbocycles. The van der Waals surface area contributed by atoms with Crippen molar-refractivity contribution in [2.75, 3.05) is 23.9 Å². The molecule has 10 heteroatoms. The average molecular weight is 561 g/mol. The number of nitrogens with zero attached hydrogens (tertiary/aromatic N) is 1. The van der Waals surface area contributed by atoms with Gasteiger partial charge in [-0.15, -0.1) is 11.8 Å². The Labute approximate surface area is 231 Å². The fraction of sp³-hybridized carbons (Fsp3) is 0.483. The third-order valence-corrected chi connectivity index (χ3v) is 7.81. The smallest absolute Gasteiger partial charge is 0.408 e. The molecular formula is C29H34F2N2O5S. The van der Waals surface area contributed by atoms with Crippen LogP contribution in [0.25, 0.3) is 0 Å². The molecule has 0 unspecified atom stereocenters. The average Bonchev–Trinajstić information content (AvgIpc) is 2.99. The van der Waals surface area contributed by atoms with Crippen molar-refractivity contribution in [3.63, 3.8) is 0 Å². The predicted octanol–water partition coefficient (Wildman–Crippen LogP) is 5.89. The van der Waals surface area contributed by atoms with Crippen LogP contribution >= 0.6 is 11.8 Å². The standard InChI is InChI=1S/C29H34F2N2O5S/c1-29(2,3)38-28(36)32-23-17-39-26-15-22(31)21(25(34)9-6-18-10-12-37-13-11-18)14-24(26)33(27(23)35)16-19-4-7-20(30)8-5-19/h4-5,7-8,14-15,18,23H,6,9-13,16-17H2,1-3H3,(H,32,36)/t23-/m0/s1. The second-order valence-corrected chi connectivity index (χ2v) is 11.9. The fourth-order valence-corrected chi connectivity index (χ4v) is 5.70. The van der Waals surface area contributed by atoms with Crippen LogP contribution in [0, 0.1) is 17.6 Å². The van der Waals surface area contributed by atoms with Crippen molar-refractivity contribution in [3.05, 3.63) is 59.2 Å². The van der Waals surface area contributed by atoms with Gasteiger partial charge in [0.25, 0.3) is 5.91 Å². The van der Waals surface area contributed by atoms with Crippen molar-refractivity contribution in [2.45, 2.75) is 69.5 Å². The highest BCUT2D eigenvalue weighted by atomic mass is 32.2. The fourth-order valence-electron chi connectivity index (χ4n) is 4.63. The van der Waals surface area contributed by atoms with Gasteiger partial charge in [-0.05, 0) is 75.8 Å². The number of anilines is 1. The highest BCUT2D eigenvalue weighted by molar-refractivity contribution is 7.99. The van der Waals surface area contributed by atoms with Gasteiger partial charge in [0.1, 0.15) is 23.3 Å². The molecule has 0 spiro atoms. The number of Topliss-reactive ketones (excluding diaryl/α,β-unsaturated/α-hetero) is 1. The molecular weight excluding hydrogens is 526 g/mol. The Morgan fingerprint density at radius 1 is 1.13 bits per heavy atom. The molecule has 210 valence electrons. The van der Waals surface area contributed by atoms with E-state index in [0.29, 0.717) is 41.7 Å². The molecule has 0 aromatic heterocycles. The zero-order valence-electron chi connectivity index (χ0n) is 22.4. The van der Waals surface area contributed by atoms with Crippen LogP contribution in [0.3, 0.4) is 0 Å². The van der Waals surface area contributed by atoms with Gasteiger partial charge in [-0.2, -0.15) is 0 Å². The maximum atomic E-state index is 15.2. The van der Waals surface area contributed by atoms with E-state index in [1.165, 1.54) is 40.9 Å². The number of hydrogen-bond donors (Lipinski definition) is 1. The number of amides is 2. The van der Waals surface area contributed by atoms with Gasteiger partial charge in [0.2, 0.25) is 0 Å². The SMILES string of the molecule is CC(C)(C)OC(=O)N[C@H]1CSc2cc(F)c(C(=O)CCC3CCOCC3)cc2N(Cc2ccc(F)cc2)C1=O. The molecule has 2 heterocycles. The first kappa shape index (κ1) is 29.0. The lowest BCUT2D eigenvalue weighted by Gasteiger charge is -2.27. The van der Waals surface area contributed by atoms with E-state index in [4.69, 9.17) is 9.47 Å². The third-order valence-electron chi connectivity index (χ3n) is 6.67. The Morgan fingerprint density at radius 2 is 1.82 bits per heavy atom. The van der Waals surface area contributed by atoms with Crippen molar-refractivity contribution in [1.82, 2.24) is 5.32 Å².